The zero-order valence-corrected chi connectivity index (χ0v) is 16.9. The van der Waals surface area contributed by atoms with E-state index in [-0.39, 0.29) is 35.8 Å². The van der Waals surface area contributed by atoms with Crippen molar-refractivity contribution in [2.24, 2.45) is 0 Å². The highest BCUT2D eigenvalue weighted by atomic mass is 35.5. The van der Waals surface area contributed by atoms with Gasteiger partial charge in [0.05, 0.1) is 17.7 Å². The van der Waals surface area contributed by atoms with Gasteiger partial charge < -0.3 is 14.6 Å². The second-order valence-electron chi connectivity index (χ2n) is 6.49. The maximum atomic E-state index is 12.9. The minimum atomic E-state index is -3.74. The van der Waals surface area contributed by atoms with Crippen LogP contribution in [0.2, 0.25) is 0 Å². The Labute approximate surface area is 165 Å². The smallest absolute Gasteiger partial charge is 0.254 e. The quantitative estimate of drug-likeness (QED) is 0.781. The number of hydrogen-bond donors (Lipinski definition) is 2. The number of sulfonamides is 1. The highest BCUT2D eigenvalue weighted by Gasteiger charge is 2.24. The molecule has 9 heteroatoms. The second kappa shape index (κ2) is 8.88. The summed E-state index contributed by atoms with van der Waals surface area (Å²) in [6.07, 6.45) is 1.49. The standard InChI is InChI=1S/C18H23N3O4S.ClH/c1-13-5-6-16(26(23,24)20-11-15-4-3-9-25-15)10-17(13)18(22)21-8-7-19-14(2)12-21;/h3-6,9-10,14,19-20H,7-8,11-12H2,1-2H3;1H/t14-;/m1./s1. The van der Waals surface area contributed by atoms with E-state index in [0.29, 0.717) is 24.4 Å². The van der Waals surface area contributed by atoms with Crippen LogP contribution in [0.1, 0.15) is 28.6 Å². The molecule has 1 saturated heterocycles. The van der Waals surface area contributed by atoms with Crippen molar-refractivity contribution in [2.75, 3.05) is 19.6 Å². The molecule has 1 atom stereocenters. The third-order valence-electron chi connectivity index (χ3n) is 4.42. The maximum Gasteiger partial charge on any atom is 0.254 e. The summed E-state index contributed by atoms with van der Waals surface area (Å²) in [7, 11) is -3.74. The summed E-state index contributed by atoms with van der Waals surface area (Å²) < 4.78 is 32.7. The van der Waals surface area contributed by atoms with Crippen LogP contribution in [-0.2, 0) is 16.6 Å². The van der Waals surface area contributed by atoms with E-state index in [1.165, 1.54) is 18.4 Å². The van der Waals surface area contributed by atoms with E-state index >= 15 is 0 Å². The highest BCUT2D eigenvalue weighted by Crippen LogP contribution is 2.19. The van der Waals surface area contributed by atoms with Crippen LogP contribution in [0.4, 0.5) is 0 Å². The van der Waals surface area contributed by atoms with Crippen molar-refractivity contribution in [1.29, 1.82) is 0 Å². The molecule has 0 unspecified atom stereocenters. The van der Waals surface area contributed by atoms with Crippen molar-refractivity contribution >= 4 is 28.3 Å². The van der Waals surface area contributed by atoms with Gasteiger partial charge in [-0.3, -0.25) is 4.79 Å². The summed E-state index contributed by atoms with van der Waals surface area (Å²) in [4.78, 5) is 14.7. The van der Waals surface area contributed by atoms with Gasteiger partial charge in [0.2, 0.25) is 10.0 Å². The van der Waals surface area contributed by atoms with Gasteiger partial charge in [-0.25, -0.2) is 13.1 Å². The molecule has 7 nitrogen and oxygen atoms in total. The van der Waals surface area contributed by atoms with Crippen LogP contribution < -0.4 is 10.0 Å². The third kappa shape index (κ3) is 5.10. The molecule has 148 valence electrons. The first-order valence-electron chi connectivity index (χ1n) is 8.52. The SMILES string of the molecule is Cc1ccc(S(=O)(=O)NCc2ccco2)cc1C(=O)N1CCN[C@H](C)C1.Cl. The lowest BCUT2D eigenvalue weighted by Crippen LogP contribution is -2.51. The Hall–Kier alpha value is -1.87. The lowest BCUT2D eigenvalue weighted by molar-refractivity contribution is 0.0708. The van der Waals surface area contributed by atoms with E-state index in [2.05, 4.69) is 10.0 Å². The number of benzene rings is 1. The Morgan fingerprint density at radius 2 is 2.15 bits per heavy atom. The van der Waals surface area contributed by atoms with Gasteiger partial charge in [-0.2, -0.15) is 0 Å². The Morgan fingerprint density at radius 1 is 1.37 bits per heavy atom. The summed E-state index contributed by atoms with van der Waals surface area (Å²) in [5, 5.41) is 3.29. The fourth-order valence-electron chi connectivity index (χ4n) is 2.95. The number of hydrogen-bond acceptors (Lipinski definition) is 5. The maximum absolute atomic E-state index is 12.9. The minimum Gasteiger partial charge on any atom is -0.468 e. The van der Waals surface area contributed by atoms with Crippen molar-refractivity contribution in [2.45, 2.75) is 31.3 Å². The van der Waals surface area contributed by atoms with Gasteiger partial charge >= 0.3 is 0 Å². The molecule has 1 aliphatic heterocycles. The molecule has 3 rings (SSSR count). The van der Waals surface area contributed by atoms with Crippen molar-refractivity contribution < 1.29 is 17.6 Å². The van der Waals surface area contributed by atoms with Gasteiger partial charge in [0.25, 0.3) is 5.91 Å². The molecule has 1 aliphatic rings. The van der Waals surface area contributed by atoms with Crippen molar-refractivity contribution in [3.63, 3.8) is 0 Å². The number of rotatable bonds is 5. The van der Waals surface area contributed by atoms with Gasteiger partial charge in [0.1, 0.15) is 5.76 Å². The Morgan fingerprint density at radius 3 is 2.81 bits per heavy atom. The molecule has 1 aromatic heterocycles. The van der Waals surface area contributed by atoms with Crippen LogP contribution in [-0.4, -0.2) is 44.9 Å². The fraction of sp³-hybridized carbons (Fsp3) is 0.389. The van der Waals surface area contributed by atoms with Crippen LogP contribution in [0, 0.1) is 6.92 Å². The van der Waals surface area contributed by atoms with Crippen molar-refractivity contribution in [3.8, 4) is 0 Å². The van der Waals surface area contributed by atoms with Crippen LogP contribution in [0.25, 0.3) is 0 Å². The molecule has 0 radical (unpaired) electrons. The van der Waals surface area contributed by atoms with E-state index in [1.807, 2.05) is 13.8 Å². The molecule has 1 fully saturated rings. The minimum absolute atomic E-state index is 0. The number of piperazine rings is 1. The third-order valence-corrected chi connectivity index (χ3v) is 5.82. The molecule has 2 aromatic rings. The number of nitrogens with one attached hydrogen (secondary N) is 2. The van der Waals surface area contributed by atoms with E-state index in [0.717, 1.165) is 12.1 Å². The van der Waals surface area contributed by atoms with Crippen LogP contribution in [0.5, 0.6) is 0 Å². The van der Waals surface area contributed by atoms with E-state index < -0.39 is 10.0 Å². The number of halogens is 1. The number of amides is 1. The summed E-state index contributed by atoms with van der Waals surface area (Å²) in [5.74, 6) is 0.380. The fourth-order valence-corrected chi connectivity index (χ4v) is 3.97. The summed E-state index contributed by atoms with van der Waals surface area (Å²) >= 11 is 0. The van der Waals surface area contributed by atoms with Crippen molar-refractivity contribution in [1.82, 2.24) is 14.9 Å². The first kappa shape index (κ1) is 21.4. The average molecular weight is 414 g/mol. The van der Waals surface area contributed by atoms with Crippen molar-refractivity contribution in [3.05, 3.63) is 53.5 Å². The number of carbonyl (C=O) groups excluding carboxylic acids is 1. The summed E-state index contributed by atoms with van der Waals surface area (Å²) in [5.41, 5.74) is 1.17. The van der Waals surface area contributed by atoms with Gasteiger partial charge in [-0.1, -0.05) is 6.07 Å². The number of furan rings is 1. The lowest BCUT2D eigenvalue weighted by Gasteiger charge is -2.32. The van der Waals surface area contributed by atoms with Gasteiger partial charge in [-0.15, -0.1) is 12.4 Å². The summed E-state index contributed by atoms with van der Waals surface area (Å²) in [6.45, 7) is 5.83. The van der Waals surface area contributed by atoms with Gasteiger partial charge in [0.15, 0.2) is 0 Å². The number of aryl methyl sites for hydroxylation is 1. The molecule has 0 bridgehead atoms. The predicted octanol–water partition coefficient (Wildman–Crippen LogP) is 1.92. The average Bonchev–Trinajstić information content (AvgIpc) is 3.13. The van der Waals surface area contributed by atoms with Gasteiger partial charge in [-0.05, 0) is 43.7 Å². The van der Waals surface area contributed by atoms with Crippen LogP contribution >= 0.6 is 12.4 Å². The topological polar surface area (TPSA) is 91.6 Å². The number of nitrogens with zero attached hydrogens (tertiary/aromatic N) is 1. The molecule has 27 heavy (non-hydrogen) atoms. The highest BCUT2D eigenvalue weighted by molar-refractivity contribution is 7.89. The summed E-state index contributed by atoms with van der Waals surface area (Å²) in [6, 6.07) is 8.24. The second-order valence-corrected chi connectivity index (χ2v) is 8.25. The zero-order chi connectivity index (χ0) is 18.7. The van der Waals surface area contributed by atoms with Gasteiger partial charge in [0, 0.05) is 31.2 Å². The zero-order valence-electron chi connectivity index (χ0n) is 15.3. The molecule has 0 aliphatic carbocycles. The normalized spacial score (nSPS) is 17.4. The van der Waals surface area contributed by atoms with E-state index in [1.54, 1.807) is 23.1 Å². The molecule has 0 saturated carbocycles. The predicted molar refractivity (Wildman–Crippen MR) is 105 cm³/mol. The first-order chi connectivity index (χ1) is 12.4. The van der Waals surface area contributed by atoms with Crippen LogP contribution in [0.15, 0.2) is 45.9 Å². The largest absolute Gasteiger partial charge is 0.468 e. The lowest BCUT2D eigenvalue weighted by atomic mass is 10.1. The first-order valence-corrected chi connectivity index (χ1v) is 10.0. The molecule has 1 aromatic carbocycles. The molecule has 2 heterocycles. The Balaban J connectivity index is 0.00000261. The molecular weight excluding hydrogens is 390 g/mol. The molecule has 2 N–H and O–H groups in total. The van der Waals surface area contributed by atoms with E-state index in [4.69, 9.17) is 4.42 Å². The molecular formula is C18H24ClN3O4S. The number of carbonyl (C=O) groups is 1. The van der Waals surface area contributed by atoms with Crippen LogP contribution in [0.3, 0.4) is 0 Å². The monoisotopic (exact) mass is 413 g/mol. The van der Waals surface area contributed by atoms with E-state index in [9.17, 15) is 13.2 Å². The molecule has 1 amide bonds. The molecule has 0 spiro atoms. The Bertz CT molecular complexity index is 884. The Kier molecular flexibility index (Phi) is 7.05.